The molecule has 0 heterocycles. The van der Waals surface area contributed by atoms with Crippen LogP contribution in [-0.2, 0) is 15.4 Å². The summed E-state index contributed by atoms with van der Waals surface area (Å²) in [7, 11) is 0. The van der Waals surface area contributed by atoms with Crippen LogP contribution in [0.15, 0.2) is 42.4 Å². The van der Waals surface area contributed by atoms with Gasteiger partial charge in [0.1, 0.15) is 0 Å². The van der Waals surface area contributed by atoms with E-state index in [0.29, 0.717) is 12.1 Å². The minimum atomic E-state index is -7.28. The minimum absolute atomic E-state index is 0.209. The molecule has 0 amide bonds. The van der Waals surface area contributed by atoms with Crippen LogP contribution in [0.25, 0.3) is 0 Å². The molecule has 0 radical (unpaired) electrons. The van der Waals surface area contributed by atoms with E-state index in [4.69, 9.17) is 0 Å². The van der Waals surface area contributed by atoms with Gasteiger partial charge in [0.2, 0.25) is 0 Å². The summed E-state index contributed by atoms with van der Waals surface area (Å²) in [5.41, 5.74) is -1.78. The van der Waals surface area contributed by atoms with E-state index < -0.39 is 47.8 Å². The summed E-state index contributed by atoms with van der Waals surface area (Å²) in [6.45, 7) is 0. The lowest BCUT2D eigenvalue weighted by atomic mass is 10.1. The topological polar surface area (TPSA) is 18.5 Å². The van der Waals surface area contributed by atoms with Gasteiger partial charge in [0.05, 0.1) is 0 Å². The van der Waals surface area contributed by atoms with E-state index in [1.54, 1.807) is 0 Å². The molecule has 0 saturated heterocycles. The van der Waals surface area contributed by atoms with Gasteiger partial charge < -0.3 is 4.74 Å². The first-order valence-corrected chi connectivity index (χ1v) is 6.43. The van der Waals surface area contributed by atoms with Gasteiger partial charge in [-0.05, 0) is 0 Å². The molecule has 0 saturated carbocycles. The van der Waals surface area contributed by atoms with Crippen molar-refractivity contribution in [3.8, 4) is 0 Å². The molecule has 0 fully saturated rings. The third-order valence-electron chi connectivity index (χ3n) is 2.88. The van der Waals surface area contributed by atoms with Crippen molar-refractivity contribution >= 4 is 0 Å². The van der Waals surface area contributed by atoms with Crippen molar-refractivity contribution in [1.29, 1.82) is 0 Å². The van der Waals surface area contributed by atoms with Crippen LogP contribution in [0.4, 0.5) is 57.1 Å². The molecule has 0 N–H and O–H groups in total. The van der Waals surface area contributed by atoms with Crippen LogP contribution < -0.4 is 0 Å². The van der Waals surface area contributed by atoms with Crippen LogP contribution in [0.2, 0.25) is 0 Å². The Balaban J connectivity index is 3.45. The number of benzene rings is 1. The van der Waals surface area contributed by atoms with Crippen LogP contribution in [-0.4, -0.2) is 24.2 Å². The molecule has 1 unspecified atom stereocenters. The molecule has 1 aromatic carbocycles. The Labute approximate surface area is 146 Å². The molecular formula is C13H5F13O2. The second-order valence-corrected chi connectivity index (χ2v) is 4.81. The summed E-state index contributed by atoms with van der Waals surface area (Å²) < 4.78 is 173. The van der Waals surface area contributed by atoms with Gasteiger partial charge in [-0.1, -0.05) is 30.3 Å². The Morgan fingerprint density at radius 1 is 0.679 bits per heavy atom. The van der Waals surface area contributed by atoms with Crippen molar-refractivity contribution in [3.63, 3.8) is 0 Å². The molecular weight excluding hydrogens is 435 g/mol. The van der Waals surface area contributed by atoms with Crippen LogP contribution >= 0.6 is 0 Å². The van der Waals surface area contributed by atoms with Gasteiger partial charge in [-0.25, -0.2) is 0 Å². The maximum Gasteiger partial charge on any atom is 0.471 e. The van der Waals surface area contributed by atoms with Crippen molar-refractivity contribution in [2.45, 2.75) is 30.2 Å². The third kappa shape index (κ3) is 4.28. The number of hydrogen-bond acceptors (Lipinski definition) is 2. The average molecular weight is 440 g/mol. The zero-order chi connectivity index (χ0) is 22.2. The Bertz CT molecular complexity index is 709. The number of ether oxygens (including phenoxy) is 2. The Kier molecular flexibility index (Phi) is 6.24. The molecule has 160 valence electrons. The summed E-state index contributed by atoms with van der Waals surface area (Å²) in [5, 5.41) is 0. The van der Waals surface area contributed by atoms with Crippen LogP contribution in [0, 0.1) is 0 Å². The van der Waals surface area contributed by atoms with E-state index in [0.717, 1.165) is 6.07 Å². The van der Waals surface area contributed by atoms with Crippen LogP contribution in [0.1, 0.15) is 5.56 Å². The largest absolute Gasteiger partial charge is 0.471 e. The molecule has 0 spiro atoms. The highest BCUT2D eigenvalue weighted by atomic mass is 19.4. The number of hydrogen-bond donors (Lipinski definition) is 0. The molecule has 0 aliphatic heterocycles. The van der Waals surface area contributed by atoms with E-state index in [1.807, 2.05) is 0 Å². The summed E-state index contributed by atoms with van der Waals surface area (Å²) in [4.78, 5) is 0. The molecule has 0 bridgehead atoms. The summed E-state index contributed by atoms with van der Waals surface area (Å²) >= 11 is 0. The molecule has 15 heteroatoms. The van der Waals surface area contributed by atoms with Gasteiger partial charge in [0, 0.05) is 5.56 Å². The third-order valence-corrected chi connectivity index (χ3v) is 2.88. The highest BCUT2D eigenvalue weighted by molar-refractivity contribution is 5.21. The first-order valence-electron chi connectivity index (χ1n) is 6.43. The molecule has 0 aliphatic rings. The zero-order valence-electron chi connectivity index (χ0n) is 12.6. The normalized spacial score (nSPS) is 15.8. The lowest BCUT2D eigenvalue weighted by molar-refractivity contribution is -0.518. The second kappa shape index (κ2) is 7.33. The van der Waals surface area contributed by atoms with Crippen molar-refractivity contribution in [2.75, 3.05) is 0 Å². The molecule has 0 aliphatic carbocycles. The smallest absolute Gasteiger partial charge is 0.398 e. The molecule has 2 nitrogen and oxygen atoms in total. The number of halogens is 13. The Morgan fingerprint density at radius 2 is 1.14 bits per heavy atom. The lowest BCUT2D eigenvalue weighted by Gasteiger charge is -2.37. The van der Waals surface area contributed by atoms with Gasteiger partial charge in [-0.15, -0.1) is 0 Å². The van der Waals surface area contributed by atoms with Gasteiger partial charge in [0.25, 0.3) is 0 Å². The fourth-order valence-electron chi connectivity index (χ4n) is 1.56. The first-order chi connectivity index (χ1) is 12.4. The molecule has 1 rings (SSSR count). The highest BCUT2D eigenvalue weighted by Gasteiger charge is 2.81. The van der Waals surface area contributed by atoms with E-state index >= 15 is 0 Å². The average Bonchev–Trinajstić information content (AvgIpc) is 2.53. The fraction of sp³-hybridized carbons (Fsp3) is 0.385. The first kappa shape index (κ1) is 23.8. The summed E-state index contributed by atoms with van der Waals surface area (Å²) in [6.07, 6.45) is -24.7. The van der Waals surface area contributed by atoms with Gasteiger partial charge in [-0.2, -0.15) is 57.1 Å². The zero-order valence-corrected chi connectivity index (χ0v) is 12.6. The molecule has 0 aromatic heterocycles. The fourth-order valence-corrected chi connectivity index (χ4v) is 1.56. The van der Waals surface area contributed by atoms with Crippen molar-refractivity contribution in [3.05, 3.63) is 48.0 Å². The van der Waals surface area contributed by atoms with E-state index in [9.17, 15) is 57.1 Å². The van der Waals surface area contributed by atoms with Crippen molar-refractivity contribution in [2.24, 2.45) is 0 Å². The molecule has 1 atom stereocenters. The molecule has 1 aromatic rings. The number of alkyl halides is 10. The maximum atomic E-state index is 13.8. The van der Waals surface area contributed by atoms with Gasteiger partial charge in [0.15, 0.2) is 0 Å². The minimum Gasteiger partial charge on any atom is -0.398 e. The Hall–Kier alpha value is -2.19. The Morgan fingerprint density at radius 3 is 1.54 bits per heavy atom. The van der Waals surface area contributed by atoms with E-state index in [2.05, 4.69) is 9.47 Å². The number of rotatable bonds is 7. The summed E-state index contributed by atoms with van der Waals surface area (Å²) in [6, 6.07) is -1.00. The van der Waals surface area contributed by atoms with Gasteiger partial charge >= 0.3 is 42.3 Å². The van der Waals surface area contributed by atoms with Crippen LogP contribution in [0.3, 0.4) is 0 Å². The quantitative estimate of drug-likeness (QED) is 0.368. The predicted molar refractivity (Wildman–Crippen MR) is 62.6 cm³/mol. The summed E-state index contributed by atoms with van der Waals surface area (Å²) in [5.74, 6) is -13.0. The highest BCUT2D eigenvalue weighted by Crippen LogP contribution is 2.54. The standard InChI is InChI=1S/C13H5F13O2/c14-7(15)8(16)27-13(25,26)10(19,11(20,21)22)28-12(23,24)9(17,18)6-4-2-1-3-5-6/h1-5H. The van der Waals surface area contributed by atoms with Crippen molar-refractivity contribution < 1.29 is 66.5 Å². The van der Waals surface area contributed by atoms with Crippen LogP contribution in [0.5, 0.6) is 0 Å². The van der Waals surface area contributed by atoms with E-state index in [-0.39, 0.29) is 12.1 Å². The maximum absolute atomic E-state index is 13.8. The predicted octanol–water partition coefficient (Wildman–Crippen LogP) is 6.26. The second-order valence-electron chi connectivity index (χ2n) is 4.81. The van der Waals surface area contributed by atoms with Gasteiger partial charge in [-0.3, -0.25) is 4.74 Å². The molecule has 28 heavy (non-hydrogen) atoms. The van der Waals surface area contributed by atoms with Crippen molar-refractivity contribution in [1.82, 2.24) is 0 Å². The van der Waals surface area contributed by atoms with E-state index in [1.165, 1.54) is 0 Å². The monoisotopic (exact) mass is 440 g/mol. The SMILES string of the molecule is FC(F)=C(F)OC(F)(F)C(F)(OC(F)(F)C(F)(F)c1ccccc1)C(F)(F)F. The lowest BCUT2D eigenvalue weighted by Crippen LogP contribution is -2.62.